The highest BCUT2D eigenvalue weighted by Gasteiger charge is 2.22. The maximum absolute atomic E-state index is 14.8. The van der Waals surface area contributed by atoms with E-state index in [1.165, 1.54) is 31.4 Å². The van der Waals surface area contributed by atoms with E-state index in [1.807, 2.05) is 39.8 Å². The van der Waals surface area contributed by atoms with E-state index >= 15 is 0 Å². The minimum atomic E-state index is -0.704. The quantitative estimate of drug-likeness (QED) is 0.323. The lowest BCUT2D eigenvalue weighted by atomic mass is 9.92. The van der Waals surface area contributed by atoms with Gasteiger partial charge in [0, 0.05) is 42.6 Å². The van der Waals surface area contributed by atoms with Crippen molar-refractivity contribution < 1.29 is 18.7 Å². The van der Waals surface area contributed by atoms with Crippen LogP contribution in [-0.4, -0.2) is 38.7 Å². The summed E-state index contributed by atoms with van der Waals surface area (Å²) in [6.45, 7) is 7.92. The predicted molar refractivity (Wildman–Crippen MR) is 142 cm³/mol. The molecule has 0 radical (unpaired) electrons. The standard InChI is InChI=1S/C27H28FN7O3/c1-16-6-7-17(15-31-16)35-24(14-23(34-35)27(2,3)4)33-26(37)32-21-9-8-18(12-20(21)28)38-19-10-11-30-22(13-19)25(36)29-5/h6-15H,1-5H3,(H,29,36)(H2,32,33,37). The van der Waals surface area contributed by atoms with Crippen molar-refractivity contribution in [3.8, 4) is 17.2 Å². The van der Waals surface area contributed by atoms with Gasteiger partial charge in [-0.1, -0.05) is 20.8 Å². The number of ether oxygens (including phenoxy) is 1. The van der Waals surface area contributed by atoms with Crippen LogP contribution >= 0.6 is 0 Å². The van der Waals surface area contributed by atoms with Gasteiger partial charge >= 0.3 is 6.03 Å². The second kappa shape index (κ2) is 10.7. The topological polar surface area (TPSA) is 123 Å². The largest absolute Gasteiger partial charge is 0.457 e. The molecule has 11 heteroatoms. The molecule has 3 amide bonds. The summed E-state index contributed by atoms with van der Waals surface area (Å²) in [7, 11) is 1.49. The number of anilines is 2. The molecule has 4 rings (SSSR count). The molecule has 0 bridgehead atoms. The molecule has 3 heterocycles. The van der Waals surface area contributed by atoms with Crippen LogP contribution in [0.3, 0.4) is 0 Å². The number of aromatic nitrogens is 4. The molecule has 3 aromatic heterocycles. The number of carbonyl (C=O) groups is 2. The number of carbonyl (C=O) groups excluding carboxylic acids is 2. The molecule has 3 N–H and O–H groups in total. The van der Waals surface area contributed by atoms with E-state index < -0.39 is 11.8 Å². The molecule has 10 nitrogen and oxygen atoms in total. The van der Waals surface area contributed by atoms with Crippen molar-refractivity contribution in [2.75, 3.05) is 17.7 Å². The molecular weight excluding hydrogens is 489 g/mol. The highest BCUT2D eigenvalue weighted by Crippen LogP contribution is 2.28. The Hall–Kier alpha value is -4.80. The van der Waals surface area contributed by atoms with Gasteiger partial charge in [-0.15, -0.1) is 0 Å². The fourth-order valence-electron chi connectivity index (χ4n) is 3.41. The summed E-state index contributed by atoms with van der Waals surface area (Å²) < 4.78 is 22.1. The SMILES string of the molecule is CNC(=O)c1cc(Oc2ccc(NC(=O)Nc3cc(C(C)(C)C)nn3-c3ccc(C)nc3)c(F)c2)ccn1. The molecular formula is C27H28FN7O3. The minimum Gasteiger partial charge on any atom is -0.457 e. The number of hydrogen-bond acceptors (Lipinski definition) is 6. The number of nitrogens with zero attached hydrogens (tertiary/aromatic N) is 4. The van der Waals surface area contributed by atoms with Crippen molar-refractivity contribution in [1.29, 1.82) is 0 Å². The Balaban J connectivity index is 1.50. The van der Waals surface area contributed by atoms with Crippen LogP contribution in [0.5, 0.6) is 11.5 Å². The Morgan fingerprint density at radius 2 is 1.74 bits per heavy atom. The third-order valence-electron chi connectivity index (χ3n) is 5.48. The molecule has 0 aliphatic carbocycles. The Labute approximate surface area is 219 Å². The molecule has 0 saturated carbocycles. The van der Waals surface area contributed by atoms with Crippen molar-refractivity contribution in [2.24, 2.45) is 0 Å². The zero-order chi connectivity index (χ0) is 27.4. The lowest BCUT2D eigenvalue weighted by Crippen LogP contribution is -2.22. The fourth-order valence-corrected chi connectivity index (χ4v) is 3.41. The number of pyridine rings is 2. The van der Waals surface area contributed by atoms with E-state index in [0.717, 1.165) is 17.5 Å². The number of urea groups is 1. The third-order valence-corrected chi connectivity index (χ3v) is 5.48. The van der Waals surface area contributed by atoms with E-state index in [4.69, 9.17) is 4.74 Å². The maximum atomic E-state index is 14.8. The second-order valence-corrected chi connectivity index (χ2v) is 9.51. The van der Waals surface area contributed by atoms with E-state index in [-0.39, 0.29) is 28.5 Å². The first-order valence-corrected chi connectivity index (χ1v) is 11.8. The summed E-state index contributed by atoms with van der Waals surface area (Å²) in [6.07, 6.45) is 3.08. The number of rotatable bonds is 6. The van der Waals surface area contributed by atoms with Gasteiger partial charge in [-0.3, -0.25) is 20.1 Å². The Morgan fingerprint density at radius 1 is 0.974 bits per heavy atom. The molecule has 0 unspecified atom stereocenters. The van der Waals surface area contributed by atoms with Gasteiger partial charge in [-0.05, 0) is 37.3 Å². The second-order valence-electron chi connectivity index (χ2n) is 9.51. The summed E-state index contributed by atoms with van der Waals surface area (Å²) in [5.41, 5.74) is 2.13. The third kappa shape index (κ3) is 6.12. The van der Waals surface area contributed by atoms with Gasteiger partial charge in [0.2, 0.25) is 0 Å². The number of aryl methyl sites for hydroxylation is 1. The average Bonchev–Trinajstić information content (AvgIpc) is 3.30. The molecule has 1 aromatic carbocycles. The molecule has 4 aromatic rings. The van der Waals surface area contributed by atoms with Gasteiger partial charge in [0.05, 0.1) is 23.3 Å². The Bertz CT molecular complexity index is 1480. The zero-order valence-electron chi connectivity index (χ0n) is 21.7. The van der Waals surface area contributed by atoms with Crippen molar-refractivity contribution in [2.45, 2.75) is 33.1 Å². The van der Waals surface area contributed by atoms with E-state index in [9.17, 15) is 14.0 Å². The van der Waals surface area contributed by atoms with Crippen LogP contribution in [0.2, 0.25) is 0 Å². The molecule has 0 aliphatic rings. The first-order chi connectivity index (χ1) is 18.0. The lowest BCUT2D eigenvalue weighted by Gasteiger charge is -2.14. The molecule has 0 aliphatic heterocycles. The van der Waals surface area contributed by atoms with Crippen LogP contribution in [0, 0.1) is 12.7 Å². The summed E-state index contributed by atoms with van der Waals surface area (Å²) in [4.78, 5) is 32.9. The van der Waals surface area contributed by atoms with E-state index in [0.29, 0.717) is 17.3 Å². The summed E-state index contributed by atoms with van der Waals surface area (Å²) >= 11 is 0. The smallest absolute Gasteiger partial charge is 0.324 e. The van der Waals surface area contributed by atoms with E-state index in [2.05, 4.69) is 31.0 Å². The highest BCUT2D eigenvalue weighted by atomic mass is 19.1. The zero-order valence-corrected chi connectivity index (χ0v) is 21.7. The van der Waals surface area contributed by atoms with Gasteiger partial charge in [-0.2, -0.15) is 5.10 Å². The molecule has 0 fully saturated rings. The fraction of sp³-hybridized carbons (Fsp3) is 0.222. The van der Waals surface area contributed by atoms with E-state index in [1.54, 1.807) is 23.0 Å². The average molecular weight is 518 g/mol. The van der Waals surface area contributed by atoms with Crippen molar-refractivity contribution in [3.05, 3.63) is 83.8 Å². The Kier molecular flexibility index (Phi) is 7.38. The molecule has 38 heavy (non-hydrogen) atoms. The van der Waals surface area contributed by atoms with Gasteiger partial charge < -0.3 is 15.4 Å². The first-order valence-electron chi connectivity index (χ1n) is 11.8. The van der Waals surface area contributed by atoms with Crippen LogP contribution in [-0.2, 0) is 5.41 Å². The van der Waals surface area contributed by atoms with Gasteiger partial charge in [0.15, 0.2) is 0 Å². The summed E-state index contributed by atoms with van der Waals surface area (Å²) in [6, 6.07) is 11.8. The first kappa shape index (κ1) is 26.3. The van der Waals surface area contributed by atoms with Crippen LogP contribution in [0.25, 0.3) is 5.69 Å². The minimum absolute atomic E-state index is 0.0465. The van der Waals surface area contributed by atoms with Crippen molar-refractivity contribution in [3.63, 3.8) is 0 Å². The number of amides is 3. The van der Waals surface area contributed by atoms with Crippen LogP contribution in [0.4, 0.5) is 20.7 Å². The molecule has 0 atom stereocenters. The molecule has 0 saturated heterocycles. The van der Waals surface area contributed by atoms with Gasteiger partial charge in [0.25, 0.3) is 5.91 Å². The number of nitrogens with one attached hydrogen (secondary N) is 3. The van der Waals surface area contributed by atoms with Gasteiger partial charge in [-0.25, -0.2) is 13.9 Å². The summed E-state index contributed by atoms with van der Waals surface area (Å²) in [5, 5.41) is 12.4. The van der Waals surface area contributed by atoms with Crippen molar-refractivity contribution >= 4 is 23.4 Å². The Morgan fingerprint density at radius 3 is 2.39 bits per heavy atom. The highest BCUT2D eigenvalue weighted by molar-refractivity contribution is 5.99. The monoisotopic (exact) mass is 517 g/mol. The van der Waals surface area contributed by atoms with Crippen LogP contribution in [0.1, 0.15) is 42.6 Å². The molecule has 0 spiro atoms. The van der Waals surface area contributed by atoms with Crippen LogP contribution < -0.4 is 20.7 Å². The molecule has 196 valence electrons. The summed E-state index contributed by atoms with van der Waals surface area (Å²) in [5.74, 6) is -0.179. The predicted octanol–water partition coefficient (Wildman–Crippen LogP) is 5.20. The number of hydrogen-bond donors (Lipinski definition) is 3. The maximum Gasteiger partial charge on any atom is 0.324 e. The van der Waals surface area contributed by atoms with Gasteiger partial charge in [0.1, 0.15) is 28.8 Å². The van der Waals surface area contributed by atoms with Crippen LogP contribution in [0.15, 0.2) is 60.9 Å². The lowest BCUT2D eigenvalue weighted by molar-refractivity contribution is 0.0957. The number of halogens is 1. The number of benzene rings is 1. The van der Waals surface area contributed by atoms with Crippen molar-refractivity contribution in [1.82, 2.24) is 25.1 Å². The normalized spacial score (nSPS) is 11.1.